The number of rotatable bonds is 4. The van der Waals surface area contributed by atoms with Crippen molar-refractivity contribution in [1.82, 2.24) is 9.97 Å². The molecular weight excluding hydrogens is 248 g/mol. The van der Waals surface area contributed by atoms with Crippen molar-refractivity contribution >= 4 is 17.3 Å². The minimum absolute atomic E-state index is 0.190. The van der Waals surface area contributed by atoms with Crippen molar-refractivity contribution in [3.63, 3.8) is 0 Å². The van der Waals surface area contributed by atoms with Crippen LogP contribution in [-0.4, -0.2) is 23.0 Å². The fraction of sp³-hybridized carbons (Fsp3) is 0.385. The molecule has 2 aromatic rings. The van der Waals surface area contributed by atoms with Gasteiger partial charge in [-0.15, -0.1) is 11.3 Å². The van der Waals surface area contributed by atoms with Crippen LogP contribution in [0, 0.1) is 6.92 Å². The molecule has 2 heterocycles. The second-order valence-electron chi connectivity index (χ2n) is 4.05. The molecule has 0 bridgehead atoms. The lowest BCUT2D eigenvalue weighted by atomic mass is 10.0. The van der Waals surface area contributed by atoms with Crippen LogP contribution in [0.25, 0.3) is 10.6 Å². The zero-order valence-corrected chi connectivity index (χ0v) is 11.5. The maximum absolute atomic E-state index is 11.7. The minimum atomic E-state index is -0.208. The first-order chi connectivity index (χ1) is 8.67. The van der Waals surface area contributed by atoms with Gasteiger partial charge in [-0.25, -0.2) is 4.98 Å². The Balaban J connectivity index is 2.37. The quantitative estimate of drug-likeness (QED) is 0.863. The van der Waals surface area contributed by atoms with Crippen molar-refractivity contribution in [3.8, 4) is 10.6 Å². The third-order valence-electron chi connectivity index (χ3n) is 2.89. The van der Waals surface area contributed by atoms with E-state index >= 15 is 0 Å². The van der Waals surface area contributed by atoms with Gasteiger partial charge >= 0.3 is 5.97 Å². The molecule has 0 saturated carbocycles. The number of aryl methyl sites for hydroxylation is 1. The third-order valence-corrected chi connectivity index (χ3v) is 4.21. The number of nitrogens with one attached hydrogen (secondary N) is 1. The summed E-state index contributed by atoms with van der Waals surface area (Å²) in [5.74, 6) is -0.398. The summed E-state index contributed by atoms with van der Waals surface area (Å²) in [7, 11) is 1.43. The first kappa shape index (κ1) is 12.8. The van der Waals surface area contributed by atoms with Gasteiger partial charge in [0.2, 0.25) is 0 Å². The Morgan fingerprint density at radius 3 is 2.94 bits per heavy atom. The van der Waals surface area contributed by atoms with Gasteiger partial charge in [-0.1, -0.05) is 6.92 Å². The molecule has 0 fully saturated rings. The topological polar surface area (TPSA) is 55.0 Å². The van der Waals surface area contributed by atoms with Gasteiger partial charge in [-0.05, 0) is 19.4 Å². The lowest BCUT2D eigenvalue weighted by Crippen LogP contribution is -2.13. The lowest BCUT2D eigenvalue weighted by Gasteiger charge is -2.10. The number of nitrogens with zero attached hydrogens (tertiary/aromatic N) is 1. The molecular formula is C13H16N2O2S. The average Bonchev–Trinajstić information content (AvgIpc) is 3.00. The van der Waals surface area contributed by atoms with E-state index in [4.69, 9.17) is 4.74 Å². The zero-order valence-electron chi connectivity index (χ0n) is 10.7. The second kappa shape index (κ2) is 5.35. The van der Waals surface area contributed by atoms with Crippen molar-refractivity contribution in [3.05, 3.63) is 29.0 Å². The molecule has 0 saturated heterocycles. The van der Waals surface area contributed by atoms with Gasteiger partial charge in [-0.2, -0.15) is 0 Å². The summed E-state index contributed by atoms with van der Waals surface area (Å²) in [5, 5.41) is 0.936. The molecule has 18 heavy (non-hydrogen) atoms. The van der Waals surface area contributed by atoms with E-state index in [9.17, 15) is 4.79 Å². The summed E-state index contributed by atoms with van der Waals surface area (Å²) in [4.78, 5) is 20.3. The Hall–Kier alpha value is -1.62. The van der Waals surface area contributed by atoms with E-state index in [0.717, 1.165) is 27.6 Å². The van der Waals surface area contributed by atoms with E-state index in [1.54, 1.807) is 11.3 Å². The van der Waals surface area contributed by atoms with Gasteiger partial charge in [0.25, 0.3) is 0 Å². The highest BCUT2D eigenvalue weighted by atomic mass is 32.1. The van der Waals surface area contributed by atoms with Gasteiger partial charge < -0.3 is 9.72 Å². The molecule has 0 aliphatic rings. The molecule has 4 nitrogen and oxygen atoms in total. The number of carbonyl (C=O) groups excluding carboxylic acids is 1. The average molecular weight is 264 g/mol. The molecule has 1 N–H and O–H groups in total. The van der Waals surface area contributed by atoms with Crippen LogP contribution in [0.1, 0.15) is 29.8 Å². The molecule has 96 valence electrons. The fourth-order valence-electron chi connectivity index (χ4n) is 1.91. The molecule has 0 aromatic carbocycles. The molecule has 0 radical (unpaired) electrons. The number of esters is 1. The molecule has 5 heteroatoms. The summed E-state index contributed by atoms with van der Waals surface area (Å²) >= 11 is 1.56. The largest absolute Gasteiger partial charge is 0.469 e. The summed E-state index contributed by atoms with van der Waals surface area (Å²) < 4.78 is 4.85. The normalized spacial score (nSPS) is 12.4. The minimum Gasteiger partial charge on any atom is -0.469 e. The predicted molar refractivity (Wildman–Crippen MR) is 71.7 cm³/mol. The molecule has 0 aliphatic carbocycles. The van der Waals surface area contributed by atoms with Crippen LogP contribution >= 0.6 is 11.3 Å². The Labute approximate surface area is 110 Å². The van der Waals surface area contributed by atoms with Crippen molar-refractivity contribution < 1.29 is 9.53 Å². The number of thiazole rings is 1. The molecule has 2 rings (SSSR count). The highest BCUT2D eigenvalue weighted by Gasteiger charge is 2.24. The van der Waals surface area contributed by atoms with Crippen molar-refractivity contribution in [2.45, 2.75) is 26.2 Å². The van der Waals surface area contributed by atoms with Gasteiger partial charge in [0.05, 0.1) is 18.7 Å². The maximum Gasteiger partial charge on any atom is 0.314 e. The van der Waals surface area contributed by atoms with Crippen molar-refractivity contribution in [2.75, 3.05) is 7.11 Å². The van der Waals surface area contributed by atoms with Crippen molar-refractivity contribution in [2.24, 2.45) is 0 Å². The number of hydrogen-bond donors (Lipinski definition) is 1. The molecule has 0 spiro atoms. The van der Waals surface area contributed by atoms with Crippen LogP contribution < -0.4 is 0 Å². The molecule has 2 aromatic heterocycles. The highest BCUT2D eigenvalue weighted by Crippen LogP contribution is 2.34. The van der Waals surface area contributed by atoms with Gasteiger partial charge in [0.1, 0.15) is 5.01 Å². The molecule has 0 amide bonds. The van der Waals surface area contributed by atoms with Crippen LogP contribution in [0.3, 0.4) is 0 Å². The lowest BCUT2D eigenvalue weighted by molar-refractivity contribution is -0.142. The van der Waals surface area contributed by atoms with E-state index in [1.165, 1.54) is 7.11 Å². The first-order valence-corrected chi connectivity index (χ1v) is 6.67. The number of aromatic nitrogens is 2. The smallest absolute Gasteiger partial charge is 0.314 e. The maximum atomic E-state index is 11.7. The Morgan fingerprint density at radius 1 is 1.61 bits per heavy atom. The van der Waals surface area contributed by atoms with E-state index in [2.05, 4.69) is 9.97 Å². The number of H-pyrrole nitrogens is 1. The summed E-state index contributed by atoms with van der Waals surface area (Å²) in [6.07, 6.45) is 4.49. The summed E-state index contributed by atoms with van der Waals surface area (Å²) in [5.41, 5.74) is 1.96. The first-order valence-electron chi connectivity index (χ1n) is 5.85. The number of aromatic amines is 1. The van der Waals surface area contributed by atoms with Gasteiger partial charge in [0, 0.05) is 22.8 Å². The SMILES string of the molecule is CCC(C(=O)OC)c1sc(-c2cc[nH]c2)nc1C. The van der Waals surface area contributed by atoms with Crippen LogP contribution in [-0.2, 0) is 9.53 Å². The van der Waals surface area contributed by atoms with Crippen LogP contribution in [0.4, 0.5) is 0 Å². The van der Waals surface area contributed by atoms with Crippen molar-refractivity contribution in [1.29, 1.82) is 0 Å². The summed E-state index contributed by atoms with van der Waals surface area (Å²) in [6, 6.07) is 1.97. The van der Waals surface area contributed by atoms with Gasteiger partial charge in [-0.3, -0.25) is 4.79 Å². The van der Waals surface area contributed by atoms with Crippen LogP contribution in [0.5, 0.6) is 0 Å². The number of methoxy groups -OCH3 is 1. The highest BCUT2D eigenvalue weighted by molar-refractivity contribution is 7.15. The van der Waals surface area contributed by atoms with E-state index in [0.29, 0.717) is 0 Å². The molecule has 1 atom stereocenters. The van der Waals surface area contributed by atoms with E-state index in [1.807, 2.05) is 32.3 Å². The standard InChI is InChI=1S/C13H16N2O2S/c1-4-10(13(16)17-3)11-8(2)15-12(18-11)9-5-6-14-7-9/h5-7,10,14H,4H2,1-3H3. The molecule has 0 aliphatic heterocycles. The zero-order chi connectivity index (χ0) is 13.1. The fourth-order valence-corrected chi connectivity index (χ4v) is 3.15. The van der Waals surface area contributed by atoms with Crippen LogP contribution in [0.15, 0.2) is 18.5 Å². The van der Waals surface area contributed by atoms with E-state index < -0.39 is 0 Å². The molecule has 1 unspecified atom stereocenters. The van der Waals surface area contributed by atoms with Gasteiger partial charge in [0.15, 0.2) is 0 Å². The summed E-state index contributed by atoms with van der Waals surface area (Å²) in [6.45, 7) is 3.92. The Morgan fingerprint density at radius 2 is 2.39 bits per heavy atom. The number of hydrogen-bond acceptors (Lipinski definition) is 4. The van der Waals surface area contributed by atoms with E-state index in [-0.39, 0.29) is 11.9 Å². The number of carbonyl (C=O) groups is 1. The number of ether oxygens (including phenoxy) is 1. The monoisotopic (exact) mass is 264 g/mol. The third kappa shape index (κ3) is 2.31. The Bertz CT molecular complexity index is 531. The second-order valence-corrected chi connectivity index (χ2v) is 5.08. The predicted octanol–water partition coefficient (Wildman–Crippen LogP) is 3.11. The Kier molecular flexibility index (Phi) is 3.81. The van der Waals surface area contributed by atoms with Crippen LogP contribution in [0.2, 0.25) is 0 Å².